The van der Waals surface area contributed by atoms with Gasteiger partial charge in [0.05, 0.1) is 0 Å². The van der Waals surface area contributed by atoms with Gasteiger partial charge in [-0.05, 0) is 55.2 Å². The van der Waals surface area contributed by atoms with Gasteiger partial charge in [0.25, 0.3) is 5.91 Å². The van der Waals surface area contributed by atoms with E-state index < -0.39 is 0 Å². The van der Waals surface area contributed by atoms with E-state index in [1.807, 2.05) is 30.0 Å². The molecule has 29 heavy (non-hydrogen) atoms. The summed E-state index contributed by atoms with van der Waals surface area (Å²) in [5.41, 5.74) is 4.38. The smallest absolute Gasteiger partial charge is 0.272 e. The Bertz CT molecular complexity index is 1020. The van der Waals surface area contributed by atoms with E-state index in [0.717, 1.165) is 29.8 Å². The molecule has 1 amide bonds. The molecule has 1 aliphatic heterocycles. The lowest BCUT2D eigenvalue weighted by Crippen LogP contribution is -2.38. The van der Waals surface area contributed by atoms with Gasteiger partial charge in [-0.1, -0.05) is 18.2 Å². The SMILES string of the molecule is Cc1cc(Cc2ccccc2F)cc(C2CCN(C(=O)c3ccnn3C)CC2)n1. The summed E-state index contributed by atoms with van der Waals surface area (Å²) < 4.78 is 15.7. The minimum atomic E-state index is -0.175. The maximum Gasteiger partial charge on any atom is 0.272 e. The van der Waals surface area contributed by atoms with Crippen molar-refractivity contribution in [2.75, 3.05) is 13.1 Å². The lowest BCUT2D eigenvalue weighted by molar-refractivity contribution is 0.0701. The number of piperidine rings is 1. The van der Waals surface area contributed by atoms with Crippen molar-refractivity contribution in [2.24, 2.45) is 7.05 Å². The van der Waals surface area contributed by atoms with E-state index >= 15 is 0 Å². The quantitative estimate of drug-likeness (QED) is 0.677. The van der Waals surface area contributed by atoms with Crippen LogP contribution < -0.4 is 0 Å². The predicted octanol–water partition coefficient (Wildman–Crippen LogP) is 3.87. The first kappa shape index (κ1) is 19.3. The normalized spacial score (nSPS) is 14.9. The number of carbonyl (C=O) groups excluding carboxylic acids is 1. The lowest BCUT2D eigenvalue weighted by atomic mass is 9.91. The Labute approximate surface area is 170 Å². The highest BCUT2D eigenvalue weighted by molar-refractivity contribution is 5.92. The first-order chi connectivity index (χ1) is 14.0. The van der Waals surface area contributed by atoms with Crippen LogP contribution in [0.5, 0.6) is 0 Å². The molecule has 1 saturated heterocycles. The van der Waals surface area contributed by atoms with Gasteiger partial charge in [0.15, 0.2) is 0 Å². The number of aryl methyl sites for hydroxylation is 2. The minimum Gasteiger partial charge on any atom is -0.337 e. The number of halogens is 1. The molecule has 0 unspecified atom stereocenters. The molecule has 3 aromatic rings. The van der Waals surface area contributed by atoms with Crippen LogP contribution in [-0.4, -0.2) is 38.7 Å². The van der Waals surface area contributed by atoms with Crippen molar-refractivity contribution in [2.45, 2.75) is 32.1 Å². The standard InChI is InChI=1S/C23H25FN4O/c1-16-13-17(14-19-5-3-4-6-20(19)24)15-21(26-16)18-8-11-28(12-9-18)23(29)22-7-10-25-27(22)2/h3-7,10,13,15,18H,8-9,11-12,14H2,1-2H3. The molecule has 0 saturated carbocycles. The molecule has 0 aliphatic carbocycles. The molecule has 4 rings (SSSR count). The molecule has 5 nitrogen and oxygen atoms in total. The molecule has 0 spiro atoms. The van der Waals surface area contributed by atoms with Crippen molar-refractivity contribution < 1.29 is 9.18 Å². The zero-order valence-corrected chi connectivity index (χ0v) is 16.8. The molecule has 6 heteroatoms. The second kappa shape index (κ2) is 8.15. The summed E-state index contributed by atoms with van der Waals surface area (Å²) in [6.07, 6.45) is 3.95. The minimum absolute atomic E-state index is 0.0286. The summed E-state index contributed by atoms with van der Waals surface area (Å²) in [6.45, 7) is 3.38. The number of hydrogen-bond donors (Lipinski definition) is 0. The van der Waals surface area contributed by atoms with E-state index in [0.29, 0.717) is 36.7 Å². The number of amides is 1. The van der Waals surface area contributed by atoms with Crippen LogP contribution in [0.15, 0.2) is 48.7 Å². The number of likely N-dealkylation sites (tertiary alicyclic amines) is 1. The summed E-state index contributed by atoms with van der Waals surface area (Å²) in [4.78, 5) is 19.3. The Morgan fingerprint density at radius 1 is 1.17 bits per heavy atom. The van der Waals surface area contributed by atoms with Gasteiger partial charge in [-0.3, -0.25) is 14.5 Å². The largest absolute Gasteiger partial charge is 0.337 e. The van der Waals surface area contributed by atoms with E-state index in [-0.39, 0.29) is 11.7 Å². The van der Waals surface area contributed by atoms with Gasteiger partial charge in [-0.25, -0.2) is 4.39 Å². The average molecular weight is 392 g/mol. The second-order valence-corrected chi connectivity index (χ2v) is 7.72. The highest BCUT2D eigenvalue weighted by Gasteiger charge is 2.26. The number of pyridine rings is 1. The Hall–Kier alpha value is -3.02. The second-order valence-electron chi connectivity index (χ2n) is 7.72. The van der Waals surface area contributed by atoms with E-state index in [4.69, 9.17) is 4.98 Å². The first-order valence-electron chi connectivity index (χ1n) is 9.99. The number of hydrogen-bond acceptors (Lipinski definition) is 3. The van der Waals surface area contributed by atoms with Crippen LogP contribution in [0.1, 0.15) is 51.8 Å². The Kier molecular flexibility index (Phi) is 5.43. The van der Waals surface area contributed by atoms with E-state index in [1.54, 1.807) is 30.1 Å². The topological polar surface area (TPSA) is 51.0 Å². The van der Waals surface area contributed by atoms with Crippen LogP contribution in [0.2, 0.25) is 0 Å². The monoisotopic (exact) mass is 392 g/mol. The summed E-state index contributed by atoms with van der Waals surface area (Å²) in [5.74, 6) is 0.163. The molecular weight excluding hydrogens is 367 g/mol. The molecule has 0 atom stereocenters. The van der Waals surface area contributed by atoms with Crippen LogP contribution in [-0.2, 0) is 13.5 Å². The van der Waals surface area contributed by atoms with Gasteiger partial charge in [0.2, 0.25) is 0 Å². The van der Waals surface area contributed by atoms with Gasteiger partial charge in [0.1, 0.15) is 11.5 Å². The van der Waals surface area contributed by atoms with Gasteiger partial charge in [-0.15, -0.1) is 0 Å². The Morgan fingerprint density at radius 2 is 1.93 bits per heavy atom. The molecule has 1 aromatic carbocycles. The van der Waals surface area contributed by atoms with E-state index in [1.165, 1.54) is 6.07 Å². The molecule has 0 N–H and O–H groups in total. The zero-order valence-electron chi connectivity index (χ0n) is 16.8. The van der Waals surface area contributed by atoms with Crippen molar-refractivity contribution in [3.63, 3.8) is 0 Å². The van der Waals surface area contributed by atoms with Crippen molar-refractivity contribution in [3.8, 4) is 0 Å². The van der Waals surface area contributed by atoms with Crippen LogP contribution in [0.25, 0.3) is 0 Å². The molecule has 1 fully saturated rings. The maximum absolute atomic E-state index is 14.0. The van der Waals surface area contributed by atoms with Crippen LogP contribution >= 0.6 is 0 Å². The Morgan fingerprint density at radius 3 is 2.62 bits per heavy atom. The summed E-state index contributed by atoms with van der Waals surface area (Å²) >= 11 is 0. The summed E-state index contributed by atoms with van der Waals surface area (Å²) in [5, 5.41) is 4.09. The summed E-state index contributed by atoms with van der Waals surface area (Å²) in [7, 11) is 1.79. The van der Waals surface area contributed by atoms with Crippen LogP contribution in [0.4, 0.5) is 4.39 Å². The van der Waals surface area contributed by atoms with Crippen LogP contribution in [0.3, 0.4) is 0 Å². The number of benzene rings is 1. The van der Waals surface area contributed by atoms with Gasteiger partial charge in [0, 0.05) is 50.1 Å². The van der Waals surface area contributed by atoms with Gasteiger partial charge in [-0.2, -0.15) is 5.10 Å². The van der Waals surface area contributed by atoms with Crippen molar-refractivity contribution >= 4 is 5.91 Å². The fourth-order valence-corrected chi connectivity index (χ4v) is 4.07. The third kappa shape index (κ3) is 4.21. The molecular formula is C23H25FN4O. The lowest BCUT2D eigenvalue weighted by Gasteiger charge is -2.32. The number of carbonyl (C=O) groups is 1. The molecule has 0 radical (unpaired) electrons. The van der Waals surface area contributed by atoms with E-state index in [9.17, 15) is 9.18 Å². The van der Waals surface area contributed by atoms with Gasteiger partial charge >= 0.3 is 0 Å². The fraction of sp³-hybridized carbons (Fsp3) is 0.348. The summed E-state index contributed by atoms with van der Waals surface area (Å²) in [6, 6.07) is 12.8. The average Bonchev–Trinajstić information content (AvgIpc) is 3.15. The third-order valence-corrected chi connectivity index (χ3v) is 5.63. The maximum atomic E-state index is 14.0. The molecule has 0 bridgehead atoms. The number of aromatic nitrogens is 3. The number of nitrogens with zero attached hydrogens (tertiary/aromatic N) is 4. The van der Waals surface area contributed by atoms with E-state index in [2.05, 4.69) is 11.2 Å². The highest BCUT2D eigenvalue weighted by atomic mass is 19.1. The first-order valence-corrected chi connectivity index (χ1v) is 9.99. The fourth-order valence-electron chi connectivity index (χ4n) is 4.07. The molecule has 150 valence electrons. The molecule has 3 heterocycles. The highest BCUT2D eigenvalue weighted by Crippen LogP contribution is 2.29. The predicted molar refractivity (Wildman–Crippen MR) is 109 cm³/mol. The molecule has 1 aliphatic rings. The van der Waals surface area contributed by atoms with Crippen molar-refractivity contribution in [3.05, 3.63) is 82.7 Å². The van der Waals surface area contributed by atoms with Crippen LogP contribution in [0, 0.1) is 12.7 Å². The van der Waals surface area contributed by atoms with Crippen molar-refractivity contribution in [1.82, 2.24) is 19.7 Å². The van der Waals surface area contributed by atoms with Gasteiger partial charge < -0.3 is 4.90 Å². The van der Waals surface area contributed by atoms with Crippen molar-refractivity contribution in [1.29, 1.82) is 0 Å². The Balaban J connectivity index is 1.46. The third-order valence-electron chi connectivity index (χ3n) is 5.63. The number of rotatable bonds is 4. The zero-order chi connectivity index (χ0) is 20.4. The molecule has 2 aromatic heterocycles.